The molecule has 0 fully saturated rings. The van der Waals surface area contributed by atoms with Gasteiger partial charge in [-0.25, -0.2) is 0 Å². The molecule has 2 aromatic rings. The maximum Gasteiger partial charge on any atom is 0.233 e. The number of rotatable bonds is 5. The van der Waals surface area contributed by atoms with Crippen molar-refractivity contribution in [2.75, 3.05) is 19.0 Å². The van der Waals surface area contributed by atoms with Gasteiger partial charge >= 0.3 is 0 Å². The van der Waals surface area contributed by atoms with E-state index in [9.17, 15) is 4.79 Å². The monoisotopic (exact) mass is 284 g/mol. The summed E-state index contributed by atoms with van der Waals surface area (Å²) < 4.78 is 5.21. The number of nitrogens with two attached hydrogens (primary N) is 1. The van der Waals surface area contributed by atoms with Gasteiger partial charge in [0.1, 0.15) is 5.75 Å². The summed E-state index contributed by atoms with van der Waals surface area (Å²) in [7, 11) is 1.63. The molecule has 21 heavy (non-hydrogen) atoms. The number of anilines is 1. The molecule has 0 heterocycles. The number of hydrogen-bond donors (Lipinski definition) is 2. The topological polar surface area (TPSA) is 64.3 Å². The van der Waals surface area contributed by atoms with Crippen LogP contribution < -0.4 is 15.8 Å². The molecule has 0 aliphatic carbocycles. The van der Waals surface area contributed by atoms with Crippen LogP contribution in [0.4, 0.5) is 5.69 Å². The summed E-state index contributed by atoms with van der Waals surface area (Å²) in [5.41, 5.74) is 8.39. The van der Waals surface area contributed by atoms with E-state index in [4.69, 9.17) is 10.5 Å². The van der Waals surface area contributed by atoms with Crippen LogP contribution in [0.5, 0.6) is 5.75 Å². The Morgan fingerprint density at radius 3 is 2.52 bits per heavy atom. The first kappa shape index (κ1) is 15.1. The highest BCUT2D eigenvalue weighted by Crippen LogP contribution is 2.23. The number of carbonyl (C=O) groups excluding carboxylic acids is 1. The van der Waals surface area contributed by atoms with Crippen molar-refractivity contribution in [2.24, 2.45) is 5.73 Å². The van der Waals surface area contributed by atoms with Gasteiger partial charge in [0.25, 0.3) is 0 Å². The van der Waals surface area contributed by atoms with E-state index in [0.29, 0.717) is 0 Å². The maximum absolute atomic E-state index is 12.4. The van der Waals surface area contributed by atoms with E-state index in [1.54, 1.807) is 7.11 Å². The quantitative estimate of drug-likeness (QED) is 0.887. The van der Waals surface area contributed by atoms with Crippen molar-refractivity contribution in [1.29, 1.82) is 0 Å². The van der Waals surface area contributed by atoms with Crippen LogP contribution in [0, 0.1) is 6.92 Å². The van der Waals surface area contributed by atoms with Crippen molar-refractivity contribution in [2.45, 2.75) is 12.8 Å². The fraction of sp³-hybridized carbons (Fsp3) is 0.235. The van der Waals surface area contributed by atoms with Gasteiger partial charge in [-0.15, -0.1) is 0 Å². The number of carbonyl (C=O) groups is 1. The zero-order valence-corrected chi connectivity index (χ0v) is 12.3. The molecule has 4 heteroatoms. The van der Waals surface area contributed by atoms with Gasteiger partial charge in [0.2, 0.25) is 5.91 Å². The fourth-order valence-electron chi connectivity index (χ4n) is 2.27. The molecule has 110 valence electrons. The standard InChI is InChI=1S/C17H20N2O2/c1-12-10-14(8-9-16(12)21-2)19-17(20)15(11-18)13-6-4-3-5-7-13/h3-10,15H,11,18H2,1-2H3,(H,19,20). The van der Waals surface area contributed by atoms with E-state index in [-0.39, 0.29) is 18.4 Å². The Morgan fingerprint density at radius 1 is 1.24 bits per heavy atom. The van der Waals surface area contributed by atoms with Crippen molar-refractivity contribution in [3.8, 4) is 5.75 Å². The predicted octanol–water partition coefficient (Wildman–Crippen LogP) is 2.68. The van der Waals surface area contributed by atoms with E-state index in [0.717, 1.165) is 22.6 Å². The summed E-state index contributed by atoms with van der Waals surface area (Å²) >= 11 is 0. The molecule has 2 rings (SSSR count). The van der Waals surface area contributed by atoms with E-state index >= 15 is 0 Å². The van der Waals surface area contributed by atoms with Gasteiger partial charge in [0, 0.05) is 12.2 Å². The van der Waals surface area contributed by atoms with Crippen molar-refractivity contribution >= 4 is 11.6 Å². The molecule has 2 aromatic carbocycles. The third kappa shape index (κ3) is 3.61. The number of ether oxygens (including phenoxy) is 1. The molecule has 0 saturated carbocycles. The number of aryl methyl sites for hydroxylation is 1. The van der Waals surface area contributed by atoms with Crippen molar-refractivity contribution < 1.29 is 9.53 Å². The Labute approximate surface area is 124 Å². The second-order valence-electron chi connectivity index (χ2n) is 4.87. The van der Waals surface area contributed by atoms with Gasteiger partial charge in [-0.2, -0.15) is 0 Å². The van der Waals surface area contributed by atoms with Crippen LogP contribution in [-0.2, 0) is 4.79 Å². The highest BCUT2D eigenvalue weighted by atomic mass is 16.5. The van der Waals surface area contributed by atoms with Gasteiger partial charge in [-0.3, -0.25) is 4.79 Å². The van der Waals surface area contributed by atoms with Crippen molar-refractivity contribution in [3.05, 3.63) is 59.7 Å². The molecule has 0 spiro atoms. The lowest BCUT2D eigenvalue weighted by molar-refractivity contribution is -0.117. The average Bonchev–Trinajstić information content (AvgIpc) is 2.49. The van der Waals surface area contributed by atoms with Crippen LogP contribution in [0.15, 0.2) is 48.5 Å². The van der Waals surface area contributed by atoms with Gasteiger partial charge in [-0.05, 0) is 36.2 Å². The van der Waals surface area contributed by atoms with Crippen LogP contribution >= 0.6 is 0 Å². The molecule has 0 saturated heterocycles. The van der Waals surface area contributed by atoms with E-state index in [1.807, 2.05) is 55.5 Å². The molecule has 1 unspecified atom stereocenters. The van der Waals surface area contributed by atoms with Crippen LogP contribution in [0.2, 0.25) is 0 Å². The Bertz CT molecular complexity index is 611. The Balaban J connectivity index is 2.15. The molecule has 4 nitrogen and oxygen atoms in total. The number of hydrogen-bond acceptors (Lipinski definition) is 3. The summed E-state index contributed by atoms with van der Waals surface area (Å²) in [6.45, 7) is 2.21. The van der Waals surface area contributed by atoms with Gasteiger partial charge in [0.05, 0.1) is 13.0 Å². The summed E-state index contributed by atoms with van der Waals surface area (Å²) in [6.07, 6.45) is 0. The summed E-state index contributed by atoms with van der Waals surface area (Å²) in [6, 6.07) is 15.1. The first-order valence-electron chi connectivity index (χ1n) is 6.86. The molecule has 0 aromatic heterocycles. The number of amides is 1. The van der Waals surface area contributed by atoms with Gasteiger partial charge < -0.3 is 15.8 Å². The molecule has 0 aliphatic rings. The first-order chi connectivity index (χ1) is 10.2. The van der Waals surface area contributed by atoms with E-state index in [1.165, 1.54) is 0 Å². The SMILES string of the molecule is COc1ccc(NC(=O)C(CN)c2ccccc2)cc1C. The molecule has 0 bridgehead atoms. The second kappa shape index (κ2) is 6.90. The molecule has 0 aliphatic heterocycles. The molecular weight excluding hydrogens is 264 g/mol. The Kier molecular flexibility index (Phi) is 4.95. The normalized spacial score (nSPS) is 11.8. The van der Waals surface area contributed by atoms with E-state index in [2.05, 4.69) is 5.32 Å². The summed E-state index contributed by atoms with van der Waals surface area (Å²) in [4.78, 5) is 12.4. The van der Waals surface area contributed by atoms with Gasteiger partial charge in [0.15, 0.2) is 0 Å². The van der Waals surface area contributed by atoms with Crippen LogP contribution in [-0.4, -0.2) is 19.6 Å². The largest absolute Gasteiger partial charge is 0.496 e. The Hall–Kier alpha value is -2.33. The Morgan fingerprint density at radius 2 is 1.95 bits per heavy atom. The van der Waals surface area contributed by atoms with Crippen LogP contribution in [0.3, 0.4) is 0 Å². The minimum Gasteiger partial charge on any atom is -0.496 e. The second-order valence-corrected chi connectivity index (χ2v) is 4.87. The maximum atomic E-state index is 12.4. The highest BCUT2D eigenvalue weighted by Gasteiger charge is 2.19. The summed E-state index contributed by atoms with van der Waals surface area (Å²) in [5.74, 6) is 0.341. The minimum absolute atomic E-state index is 0.103. The third-order valence-electron chi connectivity index (χ3n) is 3.42. The van der Waals surface area contributed by atoms with Crippen LogP contribution in [0.25, 0.3) is 0 Å². The predicted molar refractivity (Wildman–Crippen MR) is 84.6 cm³/mol. The lowest BCUT2D eigenvalue weighted by Gasteiger charge is -2.16. The molecule has 3 N–H and O–H groups in total. The number of methoxy groups -OCH3 is 1. The van der Waals surface area contributed by atoms with E-state index < -0.39 is 0 Å². The van der Waals surface area contributed by atoms with Crippen molar-refractivity contribution in [1.82, 2.24) is 0 Å². The lowest BCUT2D eigenvalue weighted by atomic mass is 9.98. The smallest absolute Gasteiger partial charge is 0.233 e. The molecule has 0 radical (unpaired) electrons. The fourth-order valence-corrected chi connectivity index (χ4v) is 2.27. The lowest BCUT2D eigenvalue weighted by Crippen LogP contribution is -2.27. The zero-order valence-electron chi connectivity index (χ0n) is 12.3. The molecule has 1 amide bonds. The number of nitrogens with one attached hydrogen (secondary N) is 1. The molecular formula is C17H20N2O2. The zero-order chi connectivity index (χ0) is 15.2. The first-order valence-corrected chi connectivity index (χ1v) is 6.86. The van der Waals surface area contributed by atoms with Crippen LogP contribution in [0.1, 0.15) is 17.0 Å². The van der Waals surface area contributed by atoms with Crippen molar-refractivity contribution in [3.63, 3.8) is 0 Å². The van der Waals surface area contributed by atoms with Gasteiger partial charge in [-0.1, -0.05) is 30.3 Å². The number of benzene rings is 2. The molecule has 1 atom stereocenters. The highest BCUT2D eigenvalue weighted by molar-refractivity contribution is 5.96. The average molecular weight is 284 g/mol. The third-order valence-corrected chi connectivity index (χ3v) is 3.42. The summed E-state index contributed by atoms with van der Waals surface area (Å²) in [5, 5.41) is 2.91. The minimum atomic E-state index is -0.353.